The molecule has 4 rings (SSSR count). The molecule has 1 fully saturated rings. The molecule has 1 aliphatic carbocycles. The van der Waals surface area contributed by atoms with Gasteiger partial charge in [-0.3, -0.25) is 0 Å². The first-order chi connectivity index (χ1) is 14.0. The Balaban J connectivity index is 1.55. The minimum Gasteiger partial charge on any atom is -0.244 e. The molecule has 0 N–H and O–H groups in total. The molecule has 1 saturated carbocycles. The Bertz CT molecular complexity index is 1030. The van der Waals surface area contributed by atoms with E-state index in [-0.39, 0.29) is 0 Å². The molecule has 2 aromatic carbocycles. The minimum absolute atomic E-state index is 0.495. The van der Waals surface area contributed by atoms with E-state index in [2.05, 4.69) is 79.8 Å². The topological polar surface area (TPSA) is 3.88 Å². The number of halogens is 1. The monoisotopic (exact) mass is 388 g/mol. The number of alkyl halides is 1. The second-order valence-corrected chi connectivity index (χ2v) is 8.81. The summed E-state index contributed by atoms with van der Waals surface area (Å²) in [5.41, 5.74) is 4.15. The highest BCUT2D eigenvalue weighted by Gasteiger charge is 2.33. The van der Waals surface area contributed by atoms with Crippen molar-refractivity contribution in [3.8, 4) is 11.1 Å². The molecule has 1 nitrogen and oxygen atoms in total. The molecular weight excluding hydrogens is 357 g/mol. The van der Waals surface area contributed by atoms with Crippen molar-refractivity contribution in [2.45, 2.75) is 51.1 Å². The lowest BCUT2D eigenvalue weighted by atomic mass is 9.76. The quantitative estimate of drug-likeness (QED) is 0.340. The highest BCUT2D eigenvalue weighted by atomic mass is 19.1. The number of benzene rings is 2. The van der Waals surface area contributed by atoms with Crippen LogP contribution in [0.5, 0.6) is 0 Å². The zero-order chi connectivity index (χ0) is 20.4. The largest absolute Gasteiger partial charge is 0.244 e. The summed E-state index contributed by atoms with van der Waals surface area (Å²) in [4.78, 5) is 0. The van der Waals surface area contributed by atoms with Crippen LogP contribution in [0, 0.1) is 12.8 Å². The fourth-order valence-corrected chi connectivity index (χ4v) is 4.78. The number of nitrogens with zero attached hydrogens (tertiary/aromatic N) is 1. The highest BCUT2D eigenvalue weighted by Crippen LogP contribution is 2.39. The number of hydrogen-bond acceptors (Lipinski definition) is 0. The third kappa shape index (κ3) is 4.27. The number of fused-ring (bicyclic) bond motifs is 1. The predicted molar refractivity (Wildman–Crippen MR) is 120 cm³/mol. The molecular formula is C27H31FN+. The van der Waals surface area contributed by atoms with E-state index in [0.717, 1.165) is 19.3 Å². The van der Waals surface area contributed by atoms with Crippen molar-refractivity contribution < 1.29 is 8.96 Å². The van der Waals surface area contributed by atoms with Crippen molar-refractivity contribution in [1.29, 1.82) is 0 Å². The molecule has 0 unspecified atom stereocenters. The third-order valence-electron chi connectivity index (χ3n) is 6.74. The van der Waals surface area contributed by atoms with Crippen LogP contribution in [-0.2, 0) is 13.5 Å². The maximum atomic E-state index is 14.7. The van der Waals surface area contributed by atoms with Gasteiger partial charge in [0.2, 0.25) is 0 Å². The van der Waals surface area contributed by atoms with Crippen molar-refractivity contribution in [3.63, 3.8) is 0 Å². The van der Waals surface area contributed by atoms with E-state index >= 15 is 0 Å². The molecule has 1 aromatic heterocycles. The van der Waals surface area contributed by atoms with E-state index < -0.39 is 5.67 Å². The van der Waals surface area contributed by atoms with Crippen molar-refractivity contribution in [2.24, 2.45) is 13.0 Å². The normalized spacial score (nSPS) is 22.0. The first-order valence-electron chi connectivity index (χ1n) is 10.8. The van der Waals surface area contributed by atoms with Gasteiger partial charge in [0.05, 0.1) is 0 Å². The van der Waals surface area contributed by atoms with Crippen LogP contribution in [0.1, 0.15) is 43.4 Å². The molecule has 1 heterocycles. The van der Waals surface area contributed by atoms with Gasteiger partial charge in [0.15, 0.2) is 11.9 Å². The summed E-state index contributed by atoms with van der Waals surface area (Å²) in [5.74, 6) is 0.583. The van der Waals surface area contributed by atoms with Crippen molar-refractivity contribution >= 4 is 10.8 Å². The van der Waals surface area contributed by atoms with E-state index in [1.54, 1.807) is 6.08 Å². The lowest BCUT2D eigenvalue weighted by molar-refractivity contribution is -0.677. The minimum atomic E-state index is -1.01. The molecule has 150 valence electrons. The summed E-state index contributed by atoms with van der Waals surface area (Å²) in [5, 5.41) is 2.56. The van der Waals surface area contributed by atoms with Crippen molar-refractivity contribution in [2.75, 3.05) is 0 Å². The zero-order valence-corrected chi connectivity index (χ0v) is 17.6. The lowest BCUT2D eigenvalue weighted by Crippen LogP contribution is -2.31. The summed E-state index contributed by atoms with van der Waals surface area (Å²) in [7, 11) is 2.09. The predicted octanol–water partition coefficient (Wildman–Crippen LogP) is 6.66. The van der Waals surface area contributed by atoms with Gasteiger partial charge in [-0.25, -0.2) is 8.96 Å². The Morgan fingerprint density at radius 2 is 1.86 bits per heavy atom. The van der Waals surface area contributed by atoms with Gasteiger partial charge in [-0.15, -0.1) is 6.58 Å². The van der Waals surface area contributed by atoms with Gasteiger partial charge in [-0.05, 0) is 78.5 Å². The average molecular weight is 389 g/mol. The van der Waals surface area contributed by atoms with E-state index in [1.807, 2.05) is 0 Å². The number of aromatic nitrogens is 1. The van der Waals surface area contributed by atoms with Gasteiger partial charge < -0.3 is 0 Å². The van der Waals surface area contributed by atoms with E-state index in [1.165, 1.54) is 33.2 Å². The Kier molecular flexibility index (Phi) is 5.54. The summed E-state index contributed by atoms with van der Waals surface area (Å²) in [6, 6.07) is 17.8. The van der Waals surface area contributed by atoms with Crippen LogP contribution in [0.2, 0.25) is 0 Å². The fraction of sp³-hybridized carbons (Fsp3) is 0.370. The lowest BCUT2D eigenvalue weighted by Gasteiger charge is -2.33. The molecule has 3 aromatic rings. The first-order valence-corrected chi connectivity index (χ1v) is 10.8. The molecule has 29 heavy (non-hydrogen) atoms. The molecule has 0 radical (unpaired) electrons. The Hall–Kier alpha value is -2.48. The Morgan fingerprint density at radius 1 is 1.10 bits per heavy atom. The summed E-state index contributed by atoms with van der Waals surface area (Å²) in [6.07, 6.45) is 8.65. The molecule has 0 amide bonds. The molecule has 0 bridgehead atoms. The molecule has 0 saturated heterocycles. The summed E-state index contributed by atoms with van der Waals surface area (Å²) >= 11 is 0. The standard InChI is InChI=1S/C27H31FN/c1-4-13-27(28)14-11-21(12-15-27)17-22-7-8-23-9-10-24(19-25(23)18-22)26-6-5-16-29(3)20(26)2/h4-10,16,18-19,21H,1,11-15,17H2,2-3H3/q+1. The van der Waals surface area contributed by atoms with Gasteiger partial charge in [0.25, 0.3) is 0 Å². The second-order valence-electron chi connectivity index (χ2n) is 8.81. The van der Waals surface area contributed by atoms with Gasteiger partial charge in [0.1, 0.15) is 12.7 Å². The van der Waals surface area contributed by atoms with Crippen LogP contribution in [0.15, 0.2) is 67.4 Å². The molecule has 2 heteroatoms. The van der Waals surface area contributed by atoms with E-state index in [4.69, 9.17) is 0 Å². The van der Waals surface area contributed by atoms with Gasteiger partial charge >= 0.3 is 0 Å². The molecule has 0 atom stereocenters. The summed E-state index contributed by atoms with van der Waals surface area (Å²) in [6.45, 7) is 5.88. The van der Waals surface area contributed by atoms with Crippen LogP contribution in [0.25, 0.3) is 21.9 Å². The highest BCUT2D eigenvalue weighted by molar-refractivity contribution is 5.88. The number of aryl methyl sites for hydroxylation is 1. The number of rotatable bonds is 5. The van der Waals surface area contributed by atoms with Gasteiger partial charge in [-0.2, -0.15) is 0 Å². The smallest absolute Gasteiger partial charge is 0.185 e. The van der Waals surface area contributed by atoms with Crippen molar-refractivity contribution in [1.82, 2.24) is 0 Å². The second kappa shape index (κ2) is 8.10. The van der Waals surface area contributed by atoms with Gasteiger partial charge in [0, 0.05) is 18.6 Å². The Morgan fingerprint density at radius 3 is 2.62 bits per heavy atom. The van der Waals surface area contributed by atoms with Crippen molar-refractivity contribution in [3.05, 3.63) is 78.6 Å². The average Bonchev–Trinajstić information content (AvgIpc) is 2.71. The zero-order valence-electron chi connectivity index (χ0n) is 17.6. The third-order valence-corrected chi connectivity index (χ3v) is 6.74. The van der Waals surface area contributed by atoms with Crippen LogP contribution < -0.4 is 4.57 Å². The number of allylic oxidation sites excluding steroid dienone is 1. The molecule has 0 aliphatic heterocycles. The van der Waals surface area contributed by atoms with Crippen LogP contribution >= 0.6 is 0 Å². The maximum absolute atomic E-state index is 14.7. The van der Waals surface area contributed by atoms with E-state index in [0.29, 0.717) is 25.2 Å². The van der Waals surface area contributed by atoms with Gasteiger partial charge in [-0.1, -0.05) is 36.4 Å². The maximum Gasteiger partial charge on any atom is 0.185 e. The number of pyridine rings is 1. The fourth-order valence-electron chi connectivity index (χ4n) is 4.78. The van der Waals surface area contributed by atoms with Crippen LogP contribution in [0.3, 0.4) is 0 Å². The summed E-state index contributed by atoms with van der Waals surface area (Å²) < 4.78 is 16.8. The van der Waals surface area contributed by atoms with Crippen LogP contribution in [-0.4, -0.2) is 5.67 Å². The van der Waals surface area contributed by atoms with Crippen LogP contribution in [0.4, 0.5) is 4.39 Å². The first kappa shape index (κ1) is 19.8. The Labute approximate surface area is 173 Å². The van der Waals surface area contributed by atoms with E-state index in [9.17, 15) is 4.39 Å². The molecule has 1 aliphatic rings. The SMILES string of the molecule is C=CCC1(F)CCC(Cc2ccc3ccc(-c4ccc[n+](C)c4C)cc3c2)CC1. The number of hydrogen-bond donors (Lipinski definition) is 0. The molecule has 0 spiro atoms.